The zero-order valence-electron chi connectivity index (χ0n) is 23.8. The van der Waals surface area contributed by atoms with Gasteiger partial charge in [0.05, 0.1) is 18.8 Å². The summed E-state index contributed by atoms with van der Waals surface area (Å²) in [7, 11) is 4.89. The number of Topliss-reactive ketones (excluding diaryl/α,β-unsaturated/α-hetero) is 2. The minimum absolute atomic E-state index is 0.0143. The Morgan fingerprint density at radius 3 is 2.64 bits per heavy atom. The molecule has 1 aliphatic carbocycles. The molecule has 9 heteroatoms. The van der Waals surface area contributed by atoms with Gasteiger partial charge in [0.15, 0.2) is 17.3 Å². The van der Waals surface area contributed by atoms with Crippen molar-refractivity contribution in [1.29, 1.82) is 0 Å². The number of fused-ring (bicyclic) bond motifs is 8. The van der Waals surface area contributed by atoms with Crippen LogP contribution in [0.5, 0.6) is 17.2 Å². The quantitative estimate of drug-likeness (QED) is 0.210. The smallest absolute Gasteiger partial charge is 0.166 e. The van der Waals surface area contributed by atoms with Gasteiger partial charge in [0.1, 0.15) is 17.4 Å². The lowest BCUT2D eigenvalue weighted by Gasteiger charge is -2.23. The third-order valence-corrected chi connectivity index (χ3v) is 11.1. The van der Waals surface area contributed by atoms with Gasteiger partial charge >= 0.3 is 0 Å². The highest BCUT2D eigenvalue weighted by molar-refractivity contribution is 8.76. The lowest BCUT2D eigenvalue weighted by atomic mass is 9.85. The molecule has 0 saturated heterocycles. The van der Waals surface area contributed by atoms with E-state index in [-0.39, 0.29) is 40.7 Å². The molecular weight excluding hydrogens is 569 g/mol. The number of carbonyl (C=O) groups is 2. The number of aromatic hydroxyl groups is 2. The predicted molar refractivity (Wildman–Crippen MR) is 170 cm³/mol. The number of allylic oxidation sites excluding steroid dienone is 1. The number of ketones is 2. The summed E-state index contributed by atoms with van der Waals surface area (Å²) < 4.78 is 5.39. The van der Waals surface area contributed by atoms with Crippen LogP contribution >= 0.6 is 21.6 Å². The van der Waals surface area contributed by atoms with Gasteiger partial charge in [0, 0.05) is 29.9 Å². The molecule has 4 bridgehead atoms. The number of rotatable bonds is 3. The van der Waals surface area contributed by atoms with Gasteiger partial charge in [-0.05, 0) is 89.4 Å². The number of aromatic nitrogens is 1. The average molecular weight is 605 g/mol. The second-order valence-corrected chi connectivity index (χ2v) is 13.5. The first kappa shape index (κ1) is 30.0. The molecule has 2 aromatic carbocycles. The summed E-state index contributed by atoms with van der Waals surface area (Å²) in [6, 6.07) is 12.7. The minimum Gasteiger partial charge on any atom is -0.508 e. The molecule has 0 spiro atoms. The molecule has 0 amide bonds. The number of nitrogens with zero attached hydrogens (tertiary/aromatic N) is 1. The molecule has 0 unspecified atom stereocenters. The average Bonchev–Trinajstić information content (AvgIpc) is 3.16. The number of nitrogen functional groups attached to an aromatic ring is 1. The van der Waals surface area contributed by atoms with Crippen LogP contribution in [0.2, 0.25) is 0 Å². The standard InChI is InChI=1S/C33H36N2O5S2/c1-3-19-7-9-25(37)15-29(38)20-8-10-26(27-16-30(39)31(40-2)14-22(27)11-20)23-13-28(33(34)35-17-23)32(42-41-18-19)21-5-4-6-24(36)12-21/h4-6,11-14,16-17,19,26,32,36,39H,3,7-10,15,18H2,1-2H3,(H2,34,35)/t19-,26-,32-/m1/s1. The van der Waals surface area contributed by atoms with E-state index in [2.05, 4.69) is 18.0 Å². The molecular formula is C33H36N2O5S2. The highest BCUT2D eigenvalue weighted by atomic mass is 33.1. The summed E-state index contributed by atoms with van der Waals surface area (Å²) in [4.78, 5) is 30.9. The number of hydrogen-bond acceptors (Lipinski definition) is 9. The number of ether oxygens (including phenoxy) is 1. The molecule has 1 aliphatic heterocycles. The van der Waals surface area contributed by atoms with Crippen molar-refractivity contribution < 1.29 is 24.5 Å². The van der Waals surface area contributed by atoms with Gasteiger partial charge in [-0.2, -0.15) is 0 Å². The van der Waals surface area contributed by atoms with Gasteiger partial charge in [-0.1, -0.05) is 47.1 Å². The SMILES string of the molecule is CC[C@@H]1CCC(=O)CC(=O)C2=Cc3cc(OC)c(O)cc3[C@H](CC2)c2cnc(N)c(c2)[C@@H](c2cccc(O)c2)SSC1. The number of benzene rings is 2. The van der Waals surface area contributed by atoms with E-state index >= 15 is 0 Å². The fourth-order valence-corrected chi connectivity index (χ4v) is 8.94. The molecule has 3 aromatic rings. The number of nitrogens with two attached hydrogens (primary N) is 1. The van der Waals surface area contributed by atoms with Crippen molar-refractivity contribution in [3.63, 3.8) is 0 Å². The third-order valence-electron chi connectivity index (χ3n) is 8.21. The molecule has 2 heterocycles. The highest BCUT2D eigenvalue weighted by Crippen LogP contribution is 2.48. The predicted octanol–water partition coefficient (Wildman–Crippen LogP) is 7.21. The largest absolute Gasteiger partial charge is 0.508 e. The maximum atomic E-state index is 13.4. The minimum atomic E-state index is -0.200. The van der Waals surface area contributed by atoms with E-state index in [4.69, 9.17) is 10.5 Å². The first-order valence-electron chi connectivity index (χ1n) is 14.3. The molecule has 5 rings (SSSR count). The van der Waals surface area contributed by atoms with E-state index < -0.39 is 0 Å². The van der Waals surface area contributed by atoms with Crippen LogP contribution in [0.25, 0.3) is 6.08 Å². The zero-order chi connectivity index (χ0) is 29.8. The van der Waals surface area contributed by atoms with Gasteiger partial charge in [0.2, 0.25) is 0 Å². The Labute approximate surface area is 254 Å². The Bertz CT molecular complexity index is 1520. The number of hydrogen-bond donors (Lipinski definition) is 3. The number of phenols is 2. The van der Waals surface area contributed by atoms with Gasteiger partial charge in [0.25, 0.3) is 0 Å². The van der Waals surface area contributed by atoms with Crippen LogP contribution in [0, 0.1) is 5.92 Å². The molecule has 0 fully saturated rings. The summed E-state index contributed by atoms with van der Waals surface area (Å²) in [6.07, 6.45) is 6.61. The Morgan fingerprint density at radius 2 is 1.88 bits per heavy atom. The highest BCUT2D eigenvalue weighted by Gasteiger charge is 2.29. The monoisotopic (exact) mass is 604 g/mol. The van der Waals surface area contributed by atoms with E-state index in [0.29, 0.717) is 42.3 Å². The third kappa shape index (κ3) is 6.63. The molecule has 3 atom stereocenters. The summed E-state index contributed by atoms with van der Waals surface area (Å²) >= 11 is 0. The summed E-state index contributed by atoms with van der Waals surface area (Å²) in [5.74, 6) is 1.71. The van der Waals surface area contributed by atoms with Crippen molar-refractivity contribution in [3.05, 3.63) is 82.1 Å². The Hall–Kier alpha value is -3.43. The van der Waals surface area contributed by atoms with E-state index in [9.17, 15) is 19.8 Å². The molecule has 0 saturated carbocycles. The Morgan fingerprint density at radius 1 is 1.05 bits per heavy atom. The van der Waals surface area contributed by atoms with Gasteiger partial charge in [-0.25, -0.2) is 4.98 Å². The van der Waals surface area contributed by atoms with Crippen LogP contribution in [0.1, 0.15) is 84.4 Å². The van der Waals surface area contributed by atoms with Crippen molar-refractivity contribution in [2.45, 2.75) is 56.6 Å². The van der Waals surface area contributed by atoms with E-state index in [0.717, 1.165) is 46.4 Å². The van der Waals surface area contributed by atoms with E-state index in [1.165, 1.54) is 7.11 Å². The zero-order valence-corrected chi connectivity index (χ0v) is 25.5. The number of carbonyl (C=O) groups excluding carboxylic acids is 2. The fraction of sp³-hybridized carbons (Fsp3) is 0.364. The summed E-state index contributed by atoms with van der Waals surface area (Å²) in [5.41, 5.74) is 11.4. The number of phenolic OH excluding ortho intramolecular Hbond substituents is 2. The topological polar surface area (TPSA) is 123 Å². The van der Waals surface area contributed by atoms with Crippen LogP contribution in [-0.2, 0) is 9.59 Å². The summed E-state index contributed by atoms with van der Waals surface area (Å²) in [6.45, 7) is 2.13. The fourth-order valence-electron chi connectivity index (χ4n) is 5.71. The van der Waals surface area contributed by atoms with Crippen LogP contribution in [0.4, 0.5) is 5.82 Å². The van der Waals surface area contributed by atoms with Gasteiger partial charge < -0.3 is 20.7 Å². The molecule has 1 aromatic heterocycles. The molecule has 0 radical (unpaired) electrons. The van der Waals surface area contributed by atoms with Crippen molar-refractivity contribution in [2.24, 2.45) is 5.92 Å². The maximum absolute atomic E-state index is 13.4. The van der Waals surface area contributed by atoms with Gasteiger partial charge in [-0.15, -0.1) is 0 Å². The molecule has 2 aliphatic rings. The van der Waals surface area contributed by atoms with E-state index in [1.807, 2.05) is 18.2 Å². The van der Waals surface area contributed by atoms with Crippen LogP contribution in [0.3, 0.4) is 0 Å². The van der Waals surface area contributed by atoms with Crippen LogP contribution in [0.15, 0.2) is 54.2 Å². The Kier molecular flexibility index (Phi) is 9.48. The second-order valence-electron chi connectivity index (χ2n) is 11.0. The molecule has 220 valence electrons. The number of pyridine rings is 1. The second kappa shape index (κ2) is 13.3. The van der Waals surface area contributed by atoms with Crippen LogP contribution < -0.4 is 10.5 Å². The summed E-state index contributed by atoms with van der Waals surface area (Å²) in [5, 5.41) is 20.8. The first-order chi connectivity index (χ1) is 20.3. The number of methoxy groups -OCH3 is 1. The normalized spacial score (nSPS) is 21.7. The first-order valence-corrected chi connectivity index (χ1v) is 16.6. The van der Waals surface area contributed by atoms with Crippen molar-refractivity contribution in [2.75, 3.05) is 18.6 Å². The van der Waals surface area contributed by atoms with Crippen molar-refractivity contribution in [1.82, 2.24) is 4.98 Å². The van der Waals surface area contributed by atoms with E-state index in [1.54, 1.807) is 52.1 Å². The maximum Gasteiger partial charge on any atom is 0.166 e. The van der Waals surface area contributed by atoms with Crippen LogP contribution in [-0.4, -0.2) is 39.6 Å². The molecule has 7 nitrogen and oxygen atoms in total. The van der Waals surface area contributed by atoms with Crippen molar-refractivity contribution >= 4 is 45.0 Å². The lowest BCUT2D eigenvalue weighted by molar-refractivity contribution is -0.125. The Balaban J connectivity index is 1.66. The molecule has 42 heavy (non-hydrogen) atoms. The van der Waals surface area contributed by atoms with Crippen molar-refractivity contribution in [3.8, 4) is 17.2 Å². The van der Waals surface area contributed by atoms with Gasteiger partial charge in [-0.3, -0.25) is 9.59 Å². The number of anilines is 1. The lowest BCUT2D eigenvalue weighted by Crippen LogP contribution is -2.12. The molecule has 4 N–H and O–H groups in total.